The van der Waals surface area contributed by atoms with E-state index in [1.165, 1.54) is 14.0 Å². The average Bonchev–Trinajstić information content (AvgIpc) is 2.84. The summed E-state index contributed by atoms with van der Waals surface area (Å²) in [6.07, 6.45) is 0.0511. The van der Waals surface area contributed by atoms with Crippen LogP contribution in [-0.4, -0.2) is 33.8 Å². The van der Waals surface area contributed by atoms with Gasteiger partial charge in [-0.2, -0.15) is 5.10 Å². The molecule has 0 fully saturated rings. The van der Waals surface area contributed by atoms with E-state index in [0.717, 1.165) is 10.9 Å². The summed E-state index contributed by atoms with van der Waals surface area (Å²) in [5.41, 5.74) is 0.0327. The topological polar surface area (TPSA) is 84.2 Å². The summed E-state index contributed by atoms with van der Waals surface area (Å²) in [4.78, 5) is 23.5. The van der Waals surface area contributed by atoms with Gasteiger partial charge in [0.15, 0.2) is 0 Å². The maximum atomic E-state index is 12.0. The van der Waals surface area contributed by atoms with Crippen molar-refractivity contribution in [1.82, 2.24) is 15.1 Å². The standard InChI is InChI=1S/C15H19N3O3/c1-4-18-12-8-6-5-7-10(12)11(17-18)9-15(2,14(20)21)13(19)16-3/h5-8H,4,9H2,1-3H3,(H,16,19)(H,20,21). The van der Waals surface area contributed by atoms with Crippen molar-refractivity contribution in [3.8, 4) is 0 Å². The number of para-hydroxylation sites is 1. The van der Waals surface area contributed by atoms with Crippen molar-refractivity contribution >= 4 is 22.8 Å². The lowest BCUT2D eigenvalue weighted by Gasteiger charge is -2.21. The van der Waals surface area contributed by atoms with Gasteiger partial charge in [0, 0.05) is 25.4 Å². The van der Waals surface area contributed by atoms with Gasteiger partial charge in [0.1, 0.15) is 5.41 Å². The van der Waals surface area contributed by atoms with Crippen molar-refractivity contribution in [3.63, 3.8) is 0 Å². The first-order valence-electron chi connectivity index (χ1n) is 6.84. The second kappa shape index (κ2) is 5.55. The van der Waals surface area contributed by atoms with Gasteiger partial charge in [0.05, 0.1) is 11.2 Å². The zero-order valence-corrected chi connectivity index (χ0v) is 12.4. The number of carboxylic acids is 1. The molecule has 1 aromatic carbocycles. The first kappa shape index (κ1) is 15.0. The van der Waals surface area contributed by atoms with Crippen LogP contribution in [0, 0.1) is 5.41 Å². The summed E-state index contributed by atoms with van der Waals surface area (Å²) >= 11 is 0. The zero-order valence-electron chi connectivity index (χ0n) is 12.4. The Morgan fingerprint density at radius 1 is 1.38 bits per heavy atom. The Hall–Kier alpha value is -2.37. The second-order valence-electron chi connectivity index (χ2n) is 5.17. The van der Waals surface area contributed by atoms with Crippen molar-refractivity contribution < 1.29 is 14.7 Å². The van der Waals surface area contributed by atoms with E-state index in [-0.39, 0.29) is 6.42 Å². The Balaban J connectivity index is 2.52. The van der Waals surface area contributed by atoms with Crippen molar-refractivity contribution in [3.05, 3.63) is 30.0 Å². The number of aromatic nitrogens is 2. The van der Waals surface area contributed by atoms with Crippen LogP contribution in [0.2, 0.25) is 0 Å². The number of carbonyl (C=O) groups is 2. The second-order valence-corrected chi connectivity index (χ2v) is 5.17. The molecule has 0 saturated carbocycles. The third-order valence-electron chi connectivity index (χ3n) is 3.76. The molecule has 1 atom stereocenters. The lowest BCUT2D eigenvalue weighted by molar-refractivity contribution is -0.154. The molecule has 1 unspecified atom stereocenters. The number of aryl methyl sites for hydroxylation is 1. The molecule has 0 bridgehead atoms. The molecule has 1 heterocycles. The highest BCUT2D eigenvalue weighted by molar-refractivity contribution is 6.02. The quantitative estimate of drug-likeness (QED) is 0.816. The number of fused-ring (bicyclic) bond motifs is 1. The maximum Gasteiger partial charge on any atom is 0.319 e. The first-order chi connectivity index (χ1) is 9.93. The highest BCUT2D eigenvalue weighted by atomic mass is 16.4. The van der Waals surface area contributed by atoms with Crippen LogP contribution in [0.25, 0.3) is 10.9 Å². The Morgan fingerprint density at radius 3 is 2.62 bits per heavy atom. The Morgan fingerprint density at radius 2 is 2.05 bits per heavy atom. The summed E-state index contributed by atoms with van der Waals surface area (Å²) < 4.78 is 1.82. The van der Waals surface area contributed by atoms with E-state index in [1.54, 1.807) is 0 Å². The molecule has 1 amide bonds. The number of carboxylic acid groups (broad SMARTS) is 1. The van der Waals surface area contributed by atoms with E-state index in [4.69, 9.17) is 0 Å². The fraction of sp³-hybridized carbons (Fsp3) is 0.400. The van der Waals surface area contributed by atoms with Crippen LogP contribution in [0.15, 0.2) is 24.3 Å². The molecule has 0 radical (unpaired) electrons. The summed E-state index contributed by atoms with van der Waals surface area (Å²) in [6, 6.07) is 7.63. The summed E-state index contributed by atoms with van der Waals surface area (Å²) in [6.45, 7) is 4.08. The molecule has 2 N–H and O–H groups in total. The van der Waals surface area contributed by atoms with Crippen LogP contribution in [0.1, 0.15) is 19.5 Å². The number of amides is 1. The summed E-state index contributed by atoms with van der Waals surface area (Å²) in [5.74, 6) is -1.68. The molecule has 2 rings (SSSR count). The number of aliphatic carboxylic acids is 1. The number of benzene rings is 1. The van der Waals surface area contributed by atoms with Crippen molar-refractivity contribution in [2.24, 2.45) is 5.41 Å². The van der Waals surface area contributed by atoms with Crippen molar-refractivity contribution in [2.75, 3.05) is 7.05 Å². The molecule has 2 aromatic rings. The molecule has 0 aliphatic heterocycles. The van der Waals surface area contributed by atoms with Crippen molar-refractivity contribution in [2.45, 2.75) is 26.8 Å². The SMILES string of the molecule is CCn1nc(CC(C)(C(=O)O)C(=O)NC)c2ccccc21. The van der Waals surface area contributed by atoms with Gasteiger partial charge in [0.25, 0.3) is 0 Å². The number of carbonyl (C=O) groups excluding carboxylic acids is 1. The number of rotatable bonds is 5. The minimum Gasteiger partial charge on any atom is -0.480 e. The Bertz CT molecular complexity index is 693. The lowest BCUT2D eigenvalue weighted by atomic mass is 9.84. The van der Waals surface area contributed by atoms with E-state index in [1.807, 2.05) is 35.9 Å². The third kappa shape index (κ3) is 2.49. The van der Waals surface area contributed by atoms with Gasteiger partial charge in [-0.05, 0) is 19.9 Å². The maximum absolute atomic E-state index is 12.0. The molecular weight excluding hydrogens is 270 g/mol. The minimum atomic E-state index is -1.54. The molecule has 0 spiro atoms. The summed E-state index contributed by atoms with van der Waals surface area (Å²) in [7, 11) is 1.44. The third-order valence-corrected chi connectivity index (χ3v) is 3.76. The minimum absolute atomic E-state index is 0.0511. The molecule has 1 aromatic heterocycles. The van der Waals surface area contributed by atoms with Gasteiger partial charge in [-0.3, -0.25) is 14.3 Å². The lowest BCUT2D eigenvalue weighted by Crippen LogP contribution is -2.44. The van der Waals surface area contributed by atoms with Crippen LogP contribution < -0.4 is 5.32 Å². The first-order valence-corrected chi connectivity index (χ1v) is 6.84. The molecular formula is C15H19N3O3. The van der Waals surface area contributed by atoms with Gasteiger partial charge >= 0.3 is 5.97 Å². The molecule has 0 aliphatic rings. The smallest absolute Gasteiger partial charge is 0.319 e. The predicted octanol–water partition coefficient (Wildman–Crippen LogP) is 1.44. The van der Waals surface area contributed by atoms with Gasteiger partial charge in [-0.15, -0.1) is 0 Å². The normalized spacial score (nSPS) is 13.9. The number of hydrogen-bond donors (Lipinski definition) is 2. The molecule has 6 nitrogen and oxygen atoms in total. The number of nitrogens with one attached hydrogen (secondary N) is 1. The Kier molecular flexibility index (Phi) is 3.97. The van der Waals surface area contributed by atoms with Crippen LogP contribution in [0.3, 0.4) is 0 Å². The molecule has 0 aliphatic carbocycles. The number of nitrogens with zero attached hydrogens (tertiary/aromatic N) is 2. The van der Waals surface area contributed by atoms with E-state index in [9.17, 15) is 14.7 Å². The Labute approximate surface area is 122 Å². The fourth-order valence-electron chi connectivity index (χ4n) is 2.43. The van der Waals surface area contributed by atoms with Gasteiger partial charge in [0.2, 0.25) is 5.91 Å². The summed E-state index contributed by atoms with van der Waals surface area (Å²) in [5, 5.41) is 17.2. The van der Waals surface area contributed by atoms with E-state index >= 15 is 0 Å². The average molecular weight is 289 g/mol. The van der Waals surface area contributed by atoms with Gasteiger partial charge < -0.3 is 10.4 Å². The van der Waals surface area contributed by atoms with E-state index < -0.39 is 17.3 Å². The van der Waals surface area contributed by atoms with Crippen LogP contribution >= 0.6 is 0 Å². The molecule has 112 valence electrons. The predicted molar refractivity (Wildman–Crippen MR) is 78.9 cm³/mol. The highest BCUT2D eigenvalue weighted by Crippen LogP contribution is 2.27. The van der Waals surface area contributed by atoms with Crippen LogP contribution in [0.5, 0.6) is 0 Å². The molecule has 6 heteroatoms. The largest absolute Gasteiger partial charge is 0.480 e. The fourth-order valence-corrected chi connectivity index (χ4v) is 2.43. The molecule has 0 saturated heterocycles. The number of hydrogen-bond acceptors (Lipinski definition) is 3. The molecule has 21 heavy (non-hydrogen) atoms. The van der Waals surface area contributed by atoms with Crippen LogP contribution in [-0.2, 0) is 22.6 Å². The van der Waals surface area contributed by atoms with Crippen molar-refractivity contribution in [1.29, 1.82) is 0 Å². The highest BCUT2D eigenvalue weighted by Gasteiger charge is 2.42. The van der Waals surface area contributed by atoms with E-state index in [0.29, 0.717) is 12.2 Å². The van der Waals surface area contributed by atoms with Gasteiger partial charge in [-0.25, -0.2) is 0 Å². The van der Waals surface area contributed by atoms with Gasteiger partial charge in [-0.1, -0.05) is 18.2 Å². The van der Waals surface area contributed by atoms with E-state index in [2.05, 4.69) is 10.4 Å². The monoisotopic (exact) mass is 289 g/mol. The van der Waals surface area contributed by atoms with Crippen LogP contribution in [0.4, 0.5) is 0 Å². The zero-order chi connectivity index (χ0) is 15.6.